The summed E-state index contributed by atoms with van der Waals surface area (Å²) in [5, 5.41) is 10.2. The third kappa shape index (κ3) is 2.77. The van der Waals surface area contributed by atoms with Gasteiger partial charge in [0, 0.05) is 24.5 Å². The average Bonchev–Trinajstić information content (AvgIpc) is 2.77. The SMILES string of the molecule is Cc1nc(CNCC2CCCN2)cs1. The second-order valence-electron chi connectivity index (χ2n) is 3.78. The molecule has 78 valence electrons. The fraction of sp³-hybridized carbons (Fsp3) is 0.700. The van der Waals surface area contributed by atoms with Gasteiger partial charge in [-0.2, -0.15) is 0 Å². The zero-order valence-corrected chi connectivity index (χ0v) is 9.36. The molecule has 3 nitrogen and oxygen atoms in total. The molecule has 4 heteroatoms. The number of hydrogen-bond donors (Lipinski definition) is 2. The minimum atomic E-state index is 0.676. The minimum Gasteiger partial charge on any atom is -0.313 e. The molecule has 0 saturated carbocycles. The van der Waals surface area contributed by atoms with Crippen molar-refractivity contribution in [3.63, 3.8) is 0 Å². The quantitative estimate of drug-likeness (QED) is 0.788. The highest BCUT2D eigenvalue weighted by Gasteiger charge is 2.12. The zero-order valence-electron chi connectivity index (χ0n) is 8.55. The van der Waals surface area contributed by atoms with Gasteiger partial charge in [0.15, 0.2) is 0 Å². The molecule has 0 bridgehead atoms. The van der Waals surface area contributed by atoms with Crippen molar-refractivity contribution in [1.29, 1.82) is 0 Å². The summed E-state index contributed by atoms with van der Waals surface area (Å²) >= 11 is 1.72. The standard InChI is InChI=1S/C10H17N3S/c1-8-13-10(7-14-8)6-11-5-9-3-2-4-12-9/h7,9,11-12H,2-6H2,1H3. The lowest BCUT2D eigenvalue weighted by atomic mass is 10.2. The first kappa shape index (κ1) is 10.1. The van der Waals surface area contributed by atoms with Gasteiger partial charge in [-0.1, -0.05) is 0 Å². The van der Waals surface area contributed by atoms with Crippen LogP contribution in [0.5, 0.6) is 0 Å². The van der Waals surface area contributed by atoms with Gasteiger partial charge in [0.05, 0.1) is 10.7 Å². The van der Waals surface area contributed by atoms with Crippen molar-refractivity contribution in [2.45, 2.75) is 32.4 Å². The largest absolute Gasteiger partial charge is 0.313 e. The van der Waals surface area contributed by atoms with E-state index in [2.05, 4.69) is 21.0 Å². The van der Waals surface area contributed by atoms with E-state index in [0.717, 1.165) is 18.1 Å². The van der Waals surface area contributed by atoms with Crippen molar-refractivity contribution in [3.05, 3.63) is 16.1 Å². The molecule has 0 radical (unpaired) electrons. The molecular weight excluding hydrogens is 194 g/mol. The van der Waals surface area contributed by atoms with Gasteiger partial charge in [0.25, 0.3) is 0 Å². The highest BCUT2D eigenvalue weighted by molar-refractivity contribution is 7.09. The van der Waals surface area contributed by atoms with Crippen LogP contribution in [0.4, 0.5) is 0 Å². The fourth-order valence-corrected chi connectivity index (χ4v) is 2.41. The van der Waals surface area contributed by atoms with Crippen LogP contribution < -0.4 is 10.6 Å². The van der Waals surface area contributed by atoms with Crippen molar-refractivity contribution >= 4 is 11.3 Å². The van der Waals surface area contributed by atoms with Gasteiger partial charge < -0.3 is 10.6 Å². The third-order valence-electron chi connectivity index (χ3n) is 2.53. The second-order valence-corrected chi connectivity index (χ2v) is 4.84. The number of hydrogen-bond acceptors (Lipinski definition) is 4. The Bertz CT molecular complexity index is 279. The molecule has 1 aliphatic rings. The number of rotatable bonds is 4. The van der Waals surface area contributed by atoms with Crippen LogP contribution in [-0.4, -0.2) is 24.1 Å². The molecule has 2 N–H and O–H groups in total. The fourth-order valence-electron chi connectivity index (χ4n) is 1.79. The smallest absolute Gasteiger partial charge is 0.0897 e. The van der Waals surface area contributed by atoms with Gasteiger partial charge in [0.2, 0.25) is 0 Å². The number of aromatic nitrogens is 1. The Hall–Kier alpha value is -0.450. The summed E-state index contributed by atoms with van der Waals surface area (Å²) in [7, 11) is 0. The van der Waals surface area contributed by atoms with Crippen LogP contribution in [0, 0.1) is 6.92 Å². The lowest BCUT2D eigenvalue weighted by Crippen LogP contribution is -2.33. The summed E-state index contributed by atoms with van der Waals surface area (Å²) in [6, 6.07) is 0.676. The van der Waals surface area contributed by atoms with Crippen molar-refractivity contribution < 1.29 is 0 Å². The predicted molar refractivity (Wildman–Crippen MR) is 59.6 cm³/mol. The Kier molecular flexibility index (Phi) is 3.50. The maximum absolute atomic E-state index is 4.41. The van der Waals surface area contributed by atoms with Crippen LogP contribution in [0.1, 0.15) is 23.5 Å². The summed E-state index contributed by atoms with van der Waals surface area (Å²) in [6.45, 7) is 5.20. The van der Waals surface area contributed by atoms with E-state index < -0.39 is 0 Å². The van der Waals surface area contributed by atoms with Crippen molar-refractivity contribution in [3.8, 4) is 0 Å². The van der Waals surface area contributed by atoms with E-state index >= 15 is 0 Å². The van der Waals surface area contributed by atoms with Crippen LogP contribution >= 0.6 is 11.3 Å². The molecular formula is C10H17N3S. The van der Waals surface area contributed by atoms with E-state index in [-0.39, 0.29) is 0 Å². The summed E-state index contributed by atoms with van der Waals surface area (Å²) in [4.78, 5) is 4.41. The van der Waals surface area contributed by atoms with Gasteiger partial charge in [0.1, 0.15) is 0 Å². The predicted octanol–water partition coefficient (Wildman–Crippen LogP) is 1.29. The molecule has 1 aromatic heterocycles. The topological polar surface area (TPSA) is 37.0 Å². The lowest BCUT2D eigenvalue weighted by Gasteiger charge is -2.09. The normalized spacial score (nSPS) is 21.6. The Balaban J connectivity index is 1.67. The second kappa shape index (κ2) is 4.87. The molecule has 1 atom stereocenters. The average molecular weight is 211 g/mol. The van der Waals surface area contributed by atoms with Gasteiger partial charge >= 0.3 is 0 Å². The summed E-state index contributed by atoms with van der Waals surface area (Å²) in [6.07, 6.45) is 2.63. The molecule has 0 spiro atoms. The Labute approximate surface area is 88.9 Å². The summed E-state index contributed by atoms with van der Waals surface area (Å²) in [5.41, 5.74) is 1.17. The van der Waals surface area contributed by atoms with Crippen molar-refractivity contribution in [2.75, 3.05) is 13.1 Å². The van der Waals surface area contributed by atoms with E-state index in [0.29, 0.717) is 6.04 Å². The number of thiazole rings is 1. The summed E-state index contributed by atoms with van der Waals surface area (Å²) < 4.78 is 0. The molecule has 0 aliphatic carbocycles. The third-order valence-corrected chi connectivity index (χ3v) is 3.35. The maximum Gasteiger partial charge on any atom is 0.0897 e. The van der Waals surface area contributed by atoms with E-state index in [1.807, 2.05) is 6.92 Å². The maximum atomic E-state index is 4.41. The molecule has 0 aromatic carbocycles. The van der Waals surface area contributed by atoms with Crippen LogP contribution in [-0.2, 0) is 6.54 Å². The van der Waals surface area contributed by atoms with Crippen LogP contribution in [0.2, 0.25) is 0 Å². The van der Waals surface area contributed by atoms with Crippen LogP contribution in [0.3, 0.4) is 0 Å². The van der Waals surface area contributed by atoms with Gasteiger partial charge in [-0.25, -0.2) is 4.98 Å². The monoisotopic (exact) mass is 211 g/mol. The number of aryl methyl sites for hydroxylation is 1. The first-order chi connectivity index (χ1) is 6.84. The zero-order chi connectivity index (χ0) is 9.80. The first-order valence-corrected chi connectivity index (χ1v) is 6.07. The first-order valence-electron chi connectivity index (χ1n) is 5.20. The summed E-state index contributed by atoms with van der Waals surface area (Å²) in [5.74, 6) is 0. The number of nitrogens with one attached hydrogen (secondary N) is 2. The van der Waals surface area contributed by atoms with Gasteiger partial charge in [-0.05, 0) is 26.3 Å². The van der Waals surface area contributed by atoms with E-state index in [1.54, 1.807) is 11.3 Å². The molecule has 1 aromatic rings. The van der Waals surface area contributed by atoms with Gasteiger partial charge in [-0.3, -0.25) is 0 Å². The van der Waals surface area contributed by atoms with Crippen LogP contribution in [0.25, 0.3) is 0 Å². The van der Waals surface area contributed by atoms with Crippen LogP contribution in [0.15, 0.2) is 5.38 Å². The highest BCUT2D eigenvalue weighted by atomic mass is 32.1. The van der Waals surface area contributed by atoms with E-state index in [1.165, 1.54) is 25.1 Å². The molecule has 0 amide bonds. The molecule has 2 rings (SSSR count). The molecule has 1 unspecified atom stereocenters. The highest BCUT2D eigenvalue weighted by Crippen LogP contribution is 2.08. The minimum absolute atomic E-state index is 0.676. The van der Waals surface area contributed by atoms with E-state index in [4.69, 9.17) is 0 Å². The molecule has 1 fully saturated rings. The van der Waals surface area contributed by atoms with E-state index in [9.17, 15) is 0 Å². The lowest BCUT2D eigenvalue weighted by molar-refractivity contribution is 0.533. The number of nitrogens with zero attached hydrogens (tertiary/aromatic N) is 1. The molecule has 14 heavy (non-hydrogen) atoms. The molecule has 2 heterocycles. The molecule has 1 aliphatic heterocycles. The van der Waals surface area contributed by atoms with Crippen molar-refractivity contribution in [2.24, 2.45) is 0 Å². The Morgan fingerprint density at radius 3 is 3.29 bits per heavy atom. The van der Waals surface area contributed by atoms with Gasteiger partial charge in [-0.15, -0.1) is 11.3 Å². The molecule has 1 saturated heterocycles. The Morgan fingerprint density at radius 2 is 2.64 bits per heavy atom. The Morgan fingerprint density at radius 1 is 1.71 bits per heavy atom. The van der Waals surface area contributed by atoms with Crippen molar-refractivity contribution in [1.82, 2.24) is 15.6 Å².